The molecule has 0 aromatic heterocycles. The summed E-state index contributed by atoms with van der Waals surface area (Å²) in [6, 6.07) is 0. The van der Waals surface area contributed by atoms with Crippen LogP contribution in [0.25, 0.3) is 0 Å². The lowest BCUT2D eigenvalue weighted by Crippen LogP contribution is -2.75. The van der Waals surface area contributed by atoms with E-state index in [0.717, 1.165) is 0 Å². The molecule has 0 atom stereocenters. The predicted octanol–water partition coefficient (Wildman–Crippen LogP) is 4.79. The summed E-state index contributed by atoms with van der Waals surface area (Å²) < 4.78 is 247. The van der Waals surface area contributed by atoms with Crippen LogP contribution in [0.3, 0.4) is 0 Å². The van der Waals surface area contributed by atoms with E-state index in [1.54, 1.807) is 0 Å². The average Bonchev–Trinajstić information content (AvgIpc) is 2.62. The van der Waals surface area contributed by atoms with Crippen LogP contribution < -0.4 is 4.72 Å². The Kier molecular flexibility index (Phi) is 10.2. The van der Waals surface area contributed by atoms with Crippen molar-refractivity contribution in [3.8, 4) is 0 Å². The molecule has 0 bridgehead atoms. The van der Waals surface area contributed by atoms with Gasteiger partial charge in [-0.3, -0.25) is 0 Å². The van der Waals surface area contributed by atoms with Gasteiger partial charge < -0.3 is 9.96 Å². The summed E-state index contributed by atoms with van der Waals surface area (Å²) in [5, 5.41) is -7.53. The molecular weight excluding hydrogens is 599 g/mol. The molecular formula is C14H17F17N2O3S. The van der Waals surface area contributed by atoms with Crippen LogP contribution in [0.5, 0.6) is 0 Å². The molecule has 0 spiro atoms. The molecule has 0 aromatic carbocycles. The fourth-order valence-corrected chi connectivity index (χ4v) is 3.23. The molecule has 0 amide bonds. The molecule has 226 valence electrons. The molecule has 0 aliphatic heterocycles. The lowest BCUT2D eigenvalue weighted by molar-refractivity contribution is -0.870. The first kappa shape index (κ1) is 37.8. The number of nitrogens with one attached hydrogen (secondary N) is 1. The van der Waals surface area contributed by atoms with Gasteiger partial charge in [-0.15, -0.1) is 0 Å². The normalized spacial score (nSPS) is 16.0. The molecule has 23 heteroatoms. The predicted molar refractivity (Wildman–Crippen MR) is 87.1 cm³/mol. The molecule has 0 fully saturated rings. The maximum atomic E-state index is 13.8. The van der Waals surface area contributed by atoms with Gasteiger partial charge in [-0.05, 0) is 0 Å². The Morgan fingerprint density at radius 1 is 0.568 bits per heavy atom. The molecule has 0 aliphatic rings. The van der Waals surface area contributed by atoms with E-state index in [9.17, 15) is 83.1 Å². The van der Waals surface area contributed by atoms with Crippen molar-refractivity contribution >= 4 is 10.0 Å². The minimum atomic E-state index is -8.83. The van der Waals surface area contributed by atoms with Gasteiger partial charge in [-0.1, -0.05) is 0 Å². The van der Waals surface area contributed by atoms with Crippen LogP contribution >= 0.6 is 0 Å². The van der Waals surface area contributed by atoms with Gasteiger partial charge in [0.1, 0.15) is 0 Å². The molecule has 0 heterocycles. The van der Waals surface area contributed by atoms with E-state index in [-0.39, 0.29) is 16.5 Å². The first-order valence-corrected chi connectivity index (χ1v) is 10.2. The Hall–Kier alpha value is -1.36. The van der Waals surface area contributed by atoms with E-state index in [2.05, 4.69) is 0 Å². The first-order valence-electron chi connectivity index (χ1n) is 8.72. The van der Waals surface area contributed by atoms with E-state index >= 15 is 0 Å². The summed E-state index contributed by atoms with van der Waals surface area (Å²) in [4.78, 5) is 0. The Morgan fingerprint density at radius 3 is 1.16 bits per heavy atom. The van der Waals surface area contributed by atoms with Crippen LogP contribution in [0.2, 0.25) is 0 Å². The van der Waals surface area contributed by atoms with Crippen LogP contribution in [0.15, 0.2) is 0 Å². The zero-order valence-corrected chi connectivity index (χ0v) is 19.0. The molecule has 0 unspecified atom stereocenters. The summed E-state index contributed by atoms with van der Waals surface area (Å²) in [6.45, 7) is -1.38. The second-order valence-corrected chi connectivity index (χ2v) is 10.0. The molecule has 0 aromatic rings. The van der Waals surface area contributed by atoms with Gasteiger partial charge in [0.25, 0.3) is 10.0 Å². The summed E-state index contributed by atoms with van der Waals surface area (Å²) in [6.07, 6.45) is -8.37. The Bertz CT molecular complexity index is 894. The summed E-state index contributed by atoms with van der Waals surface area (Å²) in [5.74, 6) is -51.5. The van der Waals surface area contributed by atoms with Crippen LogP contribution in [0, 0.1) is 0 Å². The first-order chi connectivity index (χ1) is 15.2. The Balaban J connectivity index is 0. The minimum Gasteiger partial charge on any atom is -0.870 e. The number of alkyl halides is 17. The van der Waals surface area contributed by atoms with E-state index in [0.29, 0.717) is 4.72 Å². The SMILES string of the molecule is C[N+](C)(C)CCCNS(=O)(=O)C(F)(F)C(F)(F)C(F)(F)C(F)(F)C(F)(F)C(F)(F)C(F)(F)C(F)(F)F.[OH-]. The highest BCUT2D eigenvalue weighted by Gasteiger charge is 2.96. The van der Waals surface area contributed by atoms with E-state index < -0.39 is 70.0 Å². The van der Waals surface area contributed by atoms with Crippen molar-refractivity contribution in [3.63, 3.8) is 0 Å². The van der Waals surface area contributed by atoms with Gasteiger partial charge in [-0.2, -0.15) is 74.6 Å². The van der Waals surface area contributed by atoms with Crippen LogP contribution in [-0.4, -0.2) is 99.6 Å². The zero-order valence-electron chi connectivity index (χ0n) is 18.2. The van der Waals surface area contributed by atoms with Crippen LogP contribution in [0.1, 0.15) is 6.42 Å². The smallest absolute Gasteiger partial charge is 0.460 e. The van der Waals surface area contributed by atoms with Crippen molar-refractivity contribution in [2.24, 2.45) is 0 Å². The second-order valence-electron chi connectivity index (χ2n) is 8.23. The third kappa shape index (κ3) is 5.82. The van der Waals surface area contributed by atoms with Crippen molar-refractivity contribution < 1.29 is 93.0 Å². The largest absolute Gasteiger partial charge is 0.870 e. The number of rotatable bonds is 12. The Morgan fingerprint density at radius 2 is 0.865 bits per heavy atom. The van der Waals surface area contributed by atoms with E-state index in [1.165, 1.54) is 21.1 Å². The molecule has 0 aliphatic carbocycles. The zero-order chi connectivity index (χ0) is 29.8. The van der Waals surface area contributed by atoms with E-state index in [1.807, 2.05) is 0 Å². The maximum Gasteiger partial charge on any atom is 0.460 e. The lowest BCUT2D eigenvalue weighted by atomic mass is 9.91. The standard InChI is InChI=1S/C14H16F17N2O2S.H2O/c1-33(2,3)6-4-5-32-36(34,35)14(30,31)12(25,26)10(21,22)8(17,18)7(15,16)9(19,20)11(23,24)13(27,28)29;/h32H,4-6H2,1-3H3;1H2/q+1;/p-1. The van der Waals surface area contributed by atoms with E-state index in [4.69, 9.17) is 0 Å². The van der Waals surface area contributed by atoms with Gasteiger partial charge in [0, 0.05) is 13.0 Å². The third-order valence-corrected chi connectivity index (χ3v) is 5.84. The third-order valence-electron chi connectivity index (χ3n) is 4.33. The quantitative estimate of drug-likeness (QED) is 0.195. The maximum absolute atomic E-state index is 13.8. The number of hydrogen-bond acceptors (Lipinski definition) is 3. The van der Waals surface area contributed by atoms with Crippen molar-refractivity contribution in [2.45, 2.75) is 53.4 Å². The number of nitrogens with zero attached hydrogens (tertiary/aromatic N) is 1. The second kappa shape index (κ2) is 9.99. The molecule has 0 radical (unpaired) electrons. The summed E-state index contributed by atoms with van der Waals surface area (Å²) in [7, 11) is -2.94. The molecule has 0 rings (SSSR count). The fourth-order valence-electron chi connectivity index (χ4n) is 2.17. The van der Waals surface area contributed by atoms with Crippen LogP contribution in [-0.2, 0) is 10.0 Å². The highest BCUT2D eigenvalue weighted by Crippen LogP contribution is 2.64. The molecule has 37 heavy (non-hydrogen) atoms. The minimum absolute atomic E-state index is 0. The van der Waals surface area contributed by atoms with Crippen LogP contribution in [0.4, 0.5) is 74.6 Å². The highest BCUT2D eigenvalue weighted by molar-refractivity contribution is 7.90. The molecule has 0 saturated carbocycles. The number of halogens is 17. The highest BCUT2D eigenvalue weighted by atomic mass is 32.2. The lowest BCUT2D eigenvalue weighted by Gasteiger charge is -2.42. The monoisotopic (exact) mass is 616 g/mol. The molecule has 2 N–H and O–H groups in total. The number of sulfonamides is 1. The average molecular weight is 616 g/mol. The van der Waals surface area contributed by atoms with Crippen molar-refractivity contribution in [1.29, 1.82) is 0 Å². The van der Waals surface area contributed by atoms with Crippen molar-refractivity contribution in [3.05, 3.63) is 0 Å². The van der Waals surface area contributed by atoms with Gasteiger partial charge in [0.2, 0.25) is 0 Å². The summed E-state index contributed by atoms with van der Waals surface area (Å²) >= 11 is 0. The summed E-state index contributed by atoms with van der Waals surface area (Å²) in [5.41, 5.74) is 0. The van der Waals surface area contributed by atoms with Gasteiger partial charge >= 0.3 is 47.0 Å². The van der Waals surface area contributed by atoms with Gasteiger partial charge in [0.15, 0.2) is 0 Å². The van der Waals surface area contributed by atoms with Crippen molar-refractivity contribution in [2.75, 3.05) is 34.2 Å². The van der Waals surface area contributed by atoms with Crippen molar-refractivity contribution in [1.82, 2.24) is 4.72 Å². The topological polar surface area (TPSA) is 76.2 Å². The number of hydrogen-bond donors (Lipinski definition) is 1. The molecule has 0 saturated heterocycles. The Labute approximate surface area is 196 Å². The number of quaternary nitrogens is 1. The van der Waals surface area contributed by atoms with Gasteiger partial charge in [0.05, 0.1) is 27.7 Å². The molecule has 5 nitrogen and oxygen atoms in total. The van der Waals surface area contributed by atoms with Gasteiger partial charge in [-0.25, -0.2) is 13.1 Å². The fraction of sp³-hybridized carbons (Fsp3) is 1.00.